The van der Waals surface area contributed by atoms with Crippen LogP contribution in [0, 0.1) is 0 Å². The minimum absolute atomic E-state index is 0.0115. The second kappa shape index (κ2) is 17.1. The highest BCUT2D eigenvalue weighted by Gasteiger charge is 2.39. The Morgan fingerprint density at radius 3 is 2.33 bits per heavy atom. The van der Waals surface area contributed by atoms with Crippen molar-refractivity contribution in [2.24, 2.45) is 0 Å². The number of nitrogens with one attached hydrogen (secondary N) is 3. The lowest BCUT2D eigenvalue weighted by Crippen LogP contribution is -2.43. The summed E-state index contributed by atoms with van der Waals surface area (Å²) in [7, 11) is -2.16. The van der Waals surface area contributed by atoms with Gasteiger partial charge in [0.05, 0.1) is 23.9 Å². The number of benzene rings is 4. The summed E-state index contributed by atoms with van der Waals surface area (Å²) in [5.74, 6) is 0.882. The number of carboxylic acid groups (broad SMARTS) is 1. The van der Waals surface area contributed by atoms with E-state index in [0.29, 0.717) is 24.4 Å². The lowest BCUT2D eigenvalue weighted by Gasteiger charge is -2.39. The summed E-state index contributed by atoms with van der Waals surface area (Å²) < 4.78 is 13.0. The Morgan fingerprint density at radius 1 is 0.885 bits per heavy atom. The van der Waals surface area contributed by atoms with Crippen LogP contribution in [-0.2, 0) is 17.3 Å². The normalized spacial score (nSPS) is 12.5. The van der Waals surface area contributed by atoms with Crippen molar-refractivity contribution in [1.82, 2.24) is 10.3 Å². The number of aromatic amines is 1. The first kappa shape index (κ1) is 38.3. The van der Waals surface area contributed by atoms with Crippen LogP contribution >= 0.6 is 0 Å². The van der Waals surface area contributed by atoms with E-state index in [9.17, 15) is 19.8 Å². The number of pyridine rings is 1. The SMILES string of the molecule is CC(C)(C)[Si](C)(C)O[C@@H](CNCCc1ccc(OCCCCc2ccc(NC(=O)O)c(-c3ccccc3)c2)cc1)c1ccc(O)c2[nH]c(=O)ccc12. The Hall–Kier alpha value is -4.90. The molecular formula is C42H51N3O6Si. The molecule has 9 nitrogen and oxygen atoms in total. The van der Waals surface area contributed by atoms with E-state index in [1.165, 1.54) is 11.6 Å². The van der Waals surface area contributed by atoms with Crippen molar-refractivity contribution in [3.8, 4) is 22.6 Å². The van der Waals surface area contributed by atoms with Crippen molar-refractivity contribution in [1.29, 1.82) is 0 Å². The van der Waals surface area contributed by atoms with E-state index in [0.717, 1.165) is 65.6 Å². The van der Waals surface area contributed by atoms with Gasteiger partial charge in [-0.15, -0.1) is 0 Å². The molecule has 52 heavy (non-hydrogen) atoms. The number of amides is 1. The van der Waals surface area contributed by atoms with Gasteiger partial charge in [-0.3, -0.25) is 10.1 Å². The van der Waals surface area contributed by atoms with Gasteiger partial charge < -0.3 is 29.7 Å². The highest BCUT2D eigenvalue weighted by molar-refractivity contribution is 6.74. The number of rotatable bonds is 16. The van der Waals surface area contributed by atoms with Crippen LogP contribution in [0.4, 0.5) is 10.5 Å². The van der Waals surface area contributed by atoms with Crippen LogP contribution in [0.5, 0.6) is 11.5 Å². The molecule has 0 unspecified atom stereocenters. The minimum Gasteiger partial charge on any atom is -0.506 e. The molecule has 4 aromatic carbocycles. The van der Waals surface area contributed by atoms with E-state index >= 15 is 0 Å². The molecule has 5 aromatic rings. The fourth-order valence-corrected chi connectivity index (χ4v) is 7.23. The average Bonchev–Trinajstić information content (AvgIpc) is 3.10. The molecule has 5 N–H and O–H groups in total. The molecule has 10 heteroatoms. The first-order valence-electron chi connectivity index (χ1n) is 17.9. The molecule has 1 heterocycles. The summed E-state index contributed by atoms with van der Waals surface area (Å²) in [5, 5.41) is 26.6. The highest BCUT2D eigenvalue weighted by Crippen LogP contribution is 2.41. The molecule has 0 radical (unpaired) electrons. The predicted molar refractivity (Wildman–Crippen MR) is 212 cm³/mol. The maximum atomic E-state index is 12.0. The molecule has 0 aliphatic rings. The molecule has 1 amide bonds. The number of unbranched alkanes of at least 4 members (excludes halogenated alkanes) is 1. The van der Waals surface area contributed by atoms with Crippen LogP contribution in [-0.4, -0.2) is 49.3 Å². The van der Waals surface area contributed by atoms with Crippen molar-refractivity contribution in [2.75, 3.05) is 25.0 Å². The first-order valence-corrected chi connectivity index (χ1v) is 20.8. The lowest BCUT2D eigenvalue weighted by molar-refractivity contribution is 0.182. The Kier molecular flexibility index (Phi) is 12.6. The van der Waals surface area contributed by atoms with E-state index in [1.807, 2.05) is 60.7 Å². The summed E-state index contributed by atoms with van der Waals surface area (Å²) in [6.45, 7) is 13.1. The molecule has 1 atom stereocenters. The van der Waals surface area contributed by atoms with Gasteiger partial charge >= 0.3 is 6.09 Å². The number of anilines is 1. The van der Waals surface area contributed by atoms with Gasteiger partial charge in [0.2, 0.25) is 5.56 Å². The predicted octanol–water partition coefficient (Wildman–Crippen LogP) is 9.29. The number of carbonyl (C=O) groups is 1. The zero-order valence-electron chi connectivity index (χ0n) is 30.8. The standard InChI is InChI=1S/C42H51N3O6Si/c1-42(2,3)52(4,5)51-38(33-19-22-37(46)40-34(33)20-23-39(47)45-40)28-43-25-24-29-14-17-32(18-15-29)50-26-10-9-11-30-16-21-36(44-41(48)49)35(27-30)31-12-7-6-8-13-31/h6-8,12-23,27,38,43-44,46H,9-11,24-26,28H2,1-5H3,(H,45,47)(H,48,49)/t38-/m0/s1. The summed E-state index contributed by atoms with van der Waals surface area (Å²) >= 11 is 0. The van der Waals surface area contributed by atoms with E-state index < -0.39 is 14.4 Å². The van der Waals surface area contributed by atoms with Gasteiger partial charge in [0.1, 0.15) is 11.5 Å². The molecule has 1 aromatic heterocycles. The van der Waals surface area contributed by atoms with Crippen molar-refractivity contribution in [3.63, 3.8) is 0 Å². The van der Waals surface area contributed by atoms with Crippen LogP contribution < -0.4 is 20.9 Å². The molecule has 0 spiro atoms. The molecule has 0 saturated carbocycles. The Balaban J connectivity index is 1.11. The summed E-state index contributed by atoms with van der Waals surface area (Å²) in [4.78, 5) is 26.1. The number of aromatic hydroxyl groups is 1. The fourth-order valence-electron chi connectivity index (χ4n) is 5.95. The molecule has 0 aliphatic carbocycles. The van der Waals surface area contributed by atoms with Gasteiger partial charge in [-0.1, -0.05) is 75.4 Å². The summed E-state index contributed by atoms with van der Waals surface area (Å²) in [6.07, 6.45) is 2.21. The van der Waals surface area contributed by atoms with Gasteiger partial charge in [0.25, 0.3) is 0 Å². The Bertz CT molecular complexity index is 2010. The number of aryl methyl sites for hydroxylation is 1. The molecule has 5 rings (SSSR count). The van der Waals surface area contributed by atoms with Crippen LogP contribution in [0.2, 0.25) is 18.1 Å². The number of H-pyrrole nitrogens is 1. The quantitative estimate of drug-likeness (QED) is 0.0507. The molecule has 0 aliphatic heterocycles. The third-order valence-electron chi connectivity index (χ3n) is 9.88. The second-order valence-corrected chi connectivity index (χ2v) is 19.5. The second-order valence-electron chi connectivity index (χ2n) is 14.7. The topological polar surface area (TPSA) is 133 Å². The largest absolute Gasteiger partial charge is 0.506 e. The number of hydrogen-bond donors (Lipinski definition) is 5. The van der Waals surface area contributed by atoms with E-state index in [2.05, 4.69) is 67.7 Å². The minimum atomic E-state index is -2.16. The maximum absolute atomic E-state index is 12.0. The van der Waals surface area contributed by atoms with Crippen molar-refractivity contribution < 1.29 is 24.2 Å². The highest BCUT2D eigenvalue weighted by atomic mass is 28.4. The lowest BCUT2D eigenvalue weighted by atomic mass is 9.98. The van der Waals surface area contributed by atoms with Gasteiger partial charge in [-0.25, -0.2) is 4.79 Å². The van der Waals surface area contributed by atoms with E-state index in [1.54, 1.807) is 12.1 Å². The first-order chi connectivity index (χ1) is 24.8. The van der Waals surface area contributed by atoms with E-state index in [4.69, 9.17) is 9.16 Å². The van der Waals surface area contributed by atoms with Crippen LogP contribution in [0.25, 0.3) is 22.0 Å². The zero-order valence-corrected chi connectivity index (χ0v) is 31.8. The van der Waals surface area contributed by atoms with Gasteiger partial charge in [0.15, 0.2) is 8.32 Å². The summed E-state index contributed by atoms with van der Waals surface area (Å²) in [5.41, 5.74) is 5.87. The fraction of sp³-hybridized carbons (Fsp3) is 0.333. The zero-order chi connectivity index (χ0) is 37.3. The van der Waals surface area contributed by atoms with Crippen molar-refractivity contribution in [3.05, 3.63) is 124 Å². The van der Waals surface area contributed by atoms with Crippen LogP contribution in [0.3, 0.4) is 0 Å². The number of ether oxygens (including phenoxy) is 1. The molecule has 274 valence electrons. The van der Waals surface area contributed by atoms with Crippen molar-refractivity contribution in [2.45, 2.75) is 70.7 Å². The van der Waals surface area contributed by atoms with Gasteiger partial charge in [0, 0.05) is 23.6 Å². The monoisotopic (exact) mass is 721 g/mol. The number of hydrogen-bond acceptors (Lipinski definition) is 6. The van der Waals surface area contributed by atoms with Crippen LogP contribution in [0.1, 0.15) is 56.4 Å². The third-order valence-corrected chi connectivity index (χ3v) is 14.4. The average molecular weight is 722 g/mol. The van der Waals surface area contributed by atoms with Crippen molar-refractivity contribution >= 4 is 31.0 Å². The molecule has 0 bridgehead atoms. The maximum Gasteiger partial charge on any atom is 0.409 e. The number of phenols is 1. The van der Waals surface area contributed by atoms with Gasteiger partial charge in [-0.2, -0.15) is 0 Å². The summed E-state index contributed by atoms with van der Waals surface area (Å²) in [6, 6.07) is 30.7. The smallest absolute Gasteiger partial charge is 0.409 e. The molecule has 0 fully saturated rings. The third kappa shape index (κ3) is 10.1. The number of phenolic OH excluding ortho intramolecular Hbond substituents is 1. The number of aromatic nitrogens is 1. The molecular weight excluding hydrogens is 671 g/mol. The Labute approximate surface area is 307 Å². The number of fused-ring (bicyclic) bond motifs is 1. The Morgan fingerprint density at radius 2 is 1.62 bits per heavy atom. The van der Waals surface area contributed by atoms with E-state index in [-0.39, 0.29) is 22.5 Å². The van der Waals surface area contributed by atoms with Gasteiger partial charge in [-0.05, 0) is 109 Å². The van der Waals surface area contributed by atoms with Crippen LogP contribution in [0.15, 0.2) is 102 Å². The molecule has 0 saturated heterocycles.